The molecule has 1 heterocycles. The zero-order chi connectivity index (χ0) is 13.3. The lowest BCUT2D eigenvalue weighted by Gasteiger charge is -2.18. The van der Waals surface area contributed by atoms with Gasteiger partial charge in [-0.3, -0.25) is 4.79 Å². The molecule has 0 aliphatic heterocycles. The zero-order valence-electron chi connectivity index (χ0n) is 10.4. The summed E-state index contributed by atoms with van der Waals surface area (Å²) >= 11 is 6.01. The molecular formula is C14H16ClNO2. The van der Waals surface area contributed by atoms with Crippen LogP contribution in [0.5, 0.6) is 0 Å². The average Bonchev–Trinajstić information content (AvgIpc) is 2.68. The largest absolute Gasteiger partial charge is 0.481 e. The van der Waals surface area contributed by atoms with Gasteiger partial charge in [0.2, 0.25) is 0 Å². The van der Waals surface area contributed by atoms with Gasteiger partial charge in [-0.2, -0.15) is 0 Å². The van der Waals surface area contributed by atoms with Gasteiger partial charge in [-0.15, -0.1) is 0 Å². The van der Waals surface area contributed by atoms with E-state index < -0.39 is 5.97 Å². The second-order valence-electron chi connectivity index (χ2n) is 4.88. The number of nitrogens with one attached hydrogen (secondary N) is 1. The molecule has 4 heteroatoms. The van der Waals surface area contributed by atoms with Crippen molar-refractivity contribution in [1.29, 1.82) is 0 Å². The number of hydrogen-bond acceptors (Lipinski definition) is 1. The minimum Gasteiger partial charge on any atom is -0.481 e. The van der Waals surface area contributed by atoms with Crippen molar-refractivity contribution in [3.8, 4) is 0 Å². The average molecular weight is 266 g/mol. The summed E-state index contributed by atoms with van der Waals surface area (Å²) in [7, 11) is 0. The summed E-state index contributed by atoms with van der Waals surface area (Å²) in [6, 6.07) is 5.63. The molecule has 0 bridgehead atoms. The lowest BCUT2D eigenvalue weighted by Crippen LogP contribution is -2.11. The number of aromatic nitrogens is 1. The van der Waals surface area contributed by atoms with Gasteiger partial charge in [0.25, 0.3) is 0 Å². The van der Waals surface area contributed by atoms with Gasteiger partial charge >= 0.3 is 5.97 Å². The third-order valence-electron chi connectivity index (χ3n) is 3.27. The summed E-state index contributed by atoms with van der Waals surface area (Å²) in [4.78, 5) is 14.1. The first-order valence-electron chi connectivity index (χ1n) is 5.97. The highest BCUT2D eigenvalue weighted by molar-refractivity contribution is 6.31. The molecule has 2 rings (SSSR count). The number of rotatable bonds is 4. The SMILES string of the molecule is CC(C)[C@H](CC(=O)O)c1c[nH]c2ccc(Cl)cc12. The van der Waals surface area contributed by atoms with E-state index in [1.165, 1.54) is 0 Å². The molecule has 2 aromatic rings. The molecule has 1 aromatic heterocycles. The molecule has 0 unspecified atom stereocenters. The Morgan fingerprint density at radius 2 is 2.17 bits per heavy atom. The van der Waals surface area contributed by atoms with E-state index in [1.807, 2.05) is 38.2 Å². The van der Waals surface area contributed by atoms with E-state index in [-0.39, 0.29) is 18.3 Å². The van der Waals surface area contributed by atoms with Crippen LogP contribution in [0.1, 0.15) is 31.7 Å². The maximum absolute atomic E-state index is 11.0. The molecular weight excluding hydrogens is 250 g/mol. The molecule has 0 aliphatic carbocycles. The van der Waals surface area contributed by atoms with Gasteiger partial charge in [0, 0.05) is 22.1 Å². The molecule has 1 aromatic carbocycles. The van der Waals surface area contributed by atoms with E-state index in [2.05, 4.69) is 4.98 Å². The van der Waals surface area contributed by atoms with Crippen LogP contribution in [-0.4, -0.2) is 16.1 Å². The Hall–Kier alpha value is -1.48. The van der Waals surface area contributed by atoms with Crippen LogP contribution in [0.3, 0.4) is 0 Å². The van der Waals surface area contributed by atoms with Crippen molar-refractivity contribution in [3.63, 3.8) is 0 Å². The number of aliphatic carboxylic acids is 1. The number of hydrogen-bond donors (Lipinski definition) is 2. The summed E-state index contributed by atoms with van der Waals surface area (Å²) in [6.07, 6.45) is 2.03. The molecule has 0 saturated heterocycles. The Morgan fingerprint density at radius 3 is 2.78 bits per heavy atom. The first-order valence-corrected chi connectivity index (χ1v) is 6.35. The van der Waals surface area contributed by atoms with E-state index in [1.54, 1.807) is 0 Å². The van der Waals surface area contributed by atoms with Gasteiger partial charge in [0.05, 0.1) is 6.42 Å². The van der Waals surface area contributed by atoms with Crippen molar-refractivity contribution in [2.24, 2.45) is 5.92 Å². The summed E-state index contributed by atoms with van der Waals surface area (Å²) in [5.74, 6) is -0.515. The zero-order valence-corrected chi connectivity index (χ0v) is 11.2. The Balaban J connectivity index is 2.50. The van der Waals surface area contributed by atoms with Gasteiger partial charge in [-0.05, 0) is 35.6 Å². The number of carbonyl (C=O) groups is 1. The number of H-pyrrole nitrogens is 1. The summed E-state index contributed by atoms with van der Waals surface area (Å²) in [5, 5.41) is 10.7. The van der Waals surface area contributed by atoms with Gasteiger partial charge in [-0.1, -0.05) is 25.4 Å². The highest BCUT2D eigenvalue weighted by Crippen LogP contribution is 2.34. The second kappa shape index (κ2) is 5.02. The Kier molecular flexibility index (Phi) is 3.62. The van der Waals surface area contributed by atoms with E-state index in [0.717, 1.165) is 16.5 Å². The van der Waals surface area contributed by atoms with Gasteiger partial charge in [0.1, 0.15) is 0 Å². The monoisotopic (exact) mass is 265 g/mol. The molecule has 0 saturated carbocycles. The highest BCUT2D eigenvalue weighted by atomic mass is 35.5. The van der Waals surface area contributed by atoms with Gasteiger partial charge in [-0.25, -0.2) is 0 Å². The lowest BCUT2D eigenvalue weighted by atomic mass is 9.85. The van der Waals surface area contributed by atoms with Crippen LogP contribution in [0.4, 0.5) is 0 Å². The minimum atomic E-state index is -0.773. The van der Waals surface area contributed by atoms with Crippen LogP contribution in [0, 0.1) is 5.92 Å². The van der Waals surface area contributed by atoms with E-state index >= 15 is 0 Å². The predicted molar refractivity (Wildman–Crippen MR) is 73.1 cm³/mol. The quantitative estimate of drug-likeness (QED) is 0.877. The molecule has 0 radical (unpaired) electrons. The first-order chi connectivity index (χ1) is 8.49. The van der Waals surface area contributed by atoms with Crippen molar-refractivity contribution in [3.05, 3.63) is 35.0 Å². The number of carboxylic acids is 1. The molecule has 3 nitrogen and oxygen atoms in total. The molecule has 18 heavy (non-hydrogen) atoms. The fourth-order valence-electron chi connectivity index (χ4n) is 2.31. The predicted octanol–water partition coefficient (Wildman–Crippen LogP) is 4.04. The Labute approximate surface area is 111 Å². The summed E-state index contributed by atoms with van der Waals surface area (Å²) in [5.41, 5.74) is 2.02. The topological polar surface area (TPSA) is 53.1 Å². The van der Waals surface area contributed by atoms with Crippen molar-refractivity contribution in [1.82, 2.24) is 4.98 Å². The highest BCUT2D eigenvalue weighted by Gasteiger charge is 2.22. The number of aromatic amines is 1. The van der Waals surface area contributed by atoms with Crippen LogP contribution in [0.2, 0.25) is 5.02 Å². The number of halogens is 1. The van der Waals surface area contributed by atoms with Crippen LogP contribution >= 0.6 is 11.6 Å². The minimum absolute atomic E-state index is 0.00489. The van der Waals surface area contributed by atoms with E-state index in [0.29, 0.717) is 5.02 Å². The molecule has 0 fully saturated rings. The standard InChI is InChI=1S/C14H16ClNO2/c1-8(2)10(6-14(17)18)12-7-16-13-4-3-9(15)5-11(12)13/h3-5,7-8,10,16H,6H2,1-2H3,(H,17,18)/t10-/m0/s1. The van der Waals surface area contributed by atoms with Crippen LogP contribution in [-0.2, 0) is 4.79 Å². The van der Waals surface area contributed by atoms with Crippen molar-refractivity contribution in [2.45, 2.75) is 26.2 Å². The summed E-state index contributed by atoms with van der Waals surface area (Å²) < 4.78 is 0. The Morgan fingerprint density at radius 1 is 1.44 bits per heavy atom. The number of carboxylic acid groups (broad SMARTS) is 1. The van der Waals surface area contributed by atoms with Crippen molar-refractivity contribution in [2.75, 3.05) is 0 Å². The van der Waals surface area contributed by atoms with Crippen LogP contribution < -0.4 is 0 Å². The Bertz CT molecular complexity index is 574. The van der Waals surface area contributed by atoms with Gasteiger partial charge < -0.3 is 10.1 Å². The fourth-order valence-corrected chi connectivity index (χ4v) is 2.49. The summed E-state index contributed by atoms with van der Waals surface area (Å²) in [6.45, 7) is 4.08. The third-order valence-corrected chi connectivity index (χ3v) is 3.51. The van der Waals surface area contributed by atoms with Gasteiger partial charge in [0.15, 0.2) is 0 Å². The molecule has 96 valence electrons. The van der Waals surface area contributed by atoms with E-state index in [9.17, 15) is 4.79 Å². The first kappa shape index (κ1) is 13.0. The maximum Gasteiger partial charge on any atom is 0.303 e. The molecule has 1 atom stereocenters. The maximum atomic E-state index is 11.0. The lowest BCUT2D eigenvalue weighted by molar-refractivity contribution is -0.137. The smallest absolute Gasteiger partial charge is 0.303 e. The second-order valence-corrected chi connectivity index (χ2v) is 5.32. The van der Waals surface area contributed by atoms with E-state index in [4.69, 9.17) is 16.7 Å². The van der Waals surface area contributed by atoms with Crippen molar-refractivity contribution >= 4 is 28.5 Å². The molecule has 0 amide bonds. The number of benzene rings is 1. The fraction of sp³-hybridized carbons (Fsp3) is 0.357. The molecule has 0 aliphatic rings. The van der Waals surface area contributed by atoms with Crippen LogP contribution in [0.25, 0.3) is 10.9 Å². The normalized spacial score (nSPS) is 13.1. The third kappa shape index (κ3) is 2.51. The van der Waals surface area contributed by atoms with Crippen LogP contribution in [0.15, 0.2) is 24.4 Å². The molecule has 0 spiro atoms. The van der Waals surface area contributed by atoms with Crippen molar-refractivity contribution < 1.29 is 9.90 Å². The number of fused-ring (bicyclic) bond motifs is 1. The molecule has 2 N–H and O–H groups in total.